The van der Waals surface area contributed by atoms with Crippen LogP contribution < -0.4 is 0 Å². The van der Waals surface area contributed by atoms with Gasteiger partial charge in [0.05, 0.1) is 18.3 Å². The van der Waals surface area contributed by atoms with Gasteiger partial charge in [-0.2, -0.15) is 0 Å². The van der Waals surface area contributed by atoms with E-state index in [-0.39, 0.29) is 35.7 Å². The lowest BCUT2D eigenvalue weighted by molar-refractivity contribution is -0.207. The van der Waals surface area contributed by atoms with Gasteiger partial charge in [0.2, 0.25) is 0 Å². The quantitative estimate of drug-likeness (QED) is 0.522. The second-order valence-electron chi connectivity index (χ2n) is 11.7. The van der Waals surface area contributed by atoms with Gasteiger partial charge in [-0.05, 0) is 97.7 Å². The van der Waals surface area contributed by atoms with Crippen molar-refractivity contribution in [2.45, 2.75) is 103 Å². The van der Waals surface area contributed by atoms with E-state index in [9.17, 15) is 15.3 Å². The van der Waals surface area contributed by atoms with Crippen molar-refractivity contribution in [1.82, 2.24) is 0 Å². The first-order valence-electron chi connectivity index (χ1n) is 12.4. The first kappa shape index (κ1) is 22.0. The van der Waals surface area contributed by atoms with Crippen LogP contribution >= 0.6 is 0 Å². The summed E-state index contributed by atoms with van der Waals surface area (Å²) in [7, 11) is 0. The molecule has 4 aliphatic carbocycles. The first-order valence-corrected chi connectivity index (χ1v) is 12.4. The molecule has 4 saturated carbocycles. The maximum atomic E-state index is 11.5. The van der Waals surface area contributed by atoms with Crippen molar-refractivity contribution < 1.29 is 20.4 Å². The van der Waals surface area contributed by atoms with E-state index in [2.05, 4.69) is 20.8 Å². The number of hydrogen-bond acceptors (Lipinski definition) is 4. The molecule has 0 aromatic rings. The topological polar surface area (TPSA) is 80.9 Å². The SMILES string of the molecule is C[C@H](CCCCO)[C@H]1CC[C@H]2[C@@H]3[C@H](O)C[C@@H]4C[C@H](O)CC[C@]4(C)[C@H]3C[C@H](O)[C@]12C. The summed E-state index contributed by atoms with van der Waals surface area (Å²) in [6, 6.07) is 0. The smallest absolute Gasteiger partial charge is 0.0602 e. The highest BCUT2D eigenvalue weighted by atomic mass is 16.3. The maximum Gasteiger partial charge on any atom is 0.0602 e. The lowest BCUT2D eigenvalue weighted by atomic mass is 9.43. The molecule has 0 aliphatic heterocycles. The van der Waals surface area contributed by atoms with E-state index >= 15 is 0 Å². The minimum Gasteiger partial charge on any atom is -0.396 e. The van der Waals surface area contributed by atoms with Crippen LogP contribution in [0.5, 0.6) is 0 Å². The lowest BCUT2D eigenvalue weighted by Crippen LogP contribution is -2.62. The van der Waals surface area contributed by atoms with Crippen molar-refractivity contribution in [2.75, 3.05) is 6.61 Å². The van der Waals surface area contributed by atoms with Crippen LogP contribution in [-0.4, -0.2) is 45.3 Å². The molecule has 4 rings (SSSR count). The summed E-state index contributed by atoms with van der Waals surface area (Å²) in [5.74, 6) is 2.52. The minimum absolute atomic E-state index is 0.0991. The van der Waals surface area contributed by atoms with Gasteiger partial charge in [0.1, 0.15) is 0 Å². The number of rotatable bonds is 5. The second kappa shape index (κ2) is 8.07. The van der Waals surface area contributed by atoms with Gasteiger partial charge in [-0.25, -0.2) is 0 Å². The molecule has 0 aromatic heterocycles. The Bertz CT molecular complexity index is 581. The number of aliphatic hydroxyl groups is 4. The van der Waals surface area contributed by atoms with Gasteiger partial charge in [0.15, 0.2) is 0 Å². The van der Waals surface area contributed by atoms with Gasteiger partial charge >= 0.3 is 0 Å². The summed E-state index contributed by atoms with van der Waals surface area (Å²) in [4.78, 5) is 0. The average molecular weight is 409 g/mol. The average Bonchev–Trinajstić information content (AvgIpc) is 3.03. The zero-order valence-corrected chi connectivity index (χ0v) is 18.8. The van der Waals surface area contributed by atoms with Crippen molar-refractivity contribution in [1.29, 1.82) is 0 Å². The van der Waals surface area contributed by atoms with Crippen LogP contribution in [0, 0.1) is 46.3 Å². The van der Waals surface area contributed by atoms with E-state index in [4.69, 9.17) is 5.11 Å². The van der Waals surface area contributed by atoms with Crippen LogP contribution in [0.15, 0.2) is 0 Å². The molecule has 29 heavy (non-hydrogen) atoms. The summed E-state index contributed by atoms with van der Waals surface area (Å²) in [6.07, 6.45) is 8.90. The summed E-state index contributed by atoms with van der Waals surface area (Å²) in [5, 5.41) is 42.2. The zero-order chi connectivity index (χ0) is 21.0. The fourth-order valence-corrected chi connectivity index (χ4v) is 8.91. The van der Waals surface area contributed by atoms with Gasteiger partial charge in [-0.15, -0.1) is 0 Å². The molecule has 0 saturated heterocycles. The molecule has 0 unspecified atom stereocenters. The predicted octanol–water partition coefficient (Wildman–Crippen LogP) is 3.75. The number of aliphatic hydroxyl groups excluding tert-OH is 4. The fourth-order valence-electron chi connectivity index (χ4n) is 8.91. The summed E-state index contributed by atoms with van der Waals surface area (Å²) in [5.41, 5.74) is 0.0500. The van der Waals surface area contributed by atoms with Crippen molar-refractivity contribution in [3.05, 3.63) is 0 Å². The lowest BCUT2D eigenvalue weighted by Gasteiger charge is -2.63. The second-order valence-corrected chi connectivity index (χ2v) is 11.7. The van der Waals surface area contributed by atoms with Crippen LogP contribution in [0.1, 0.15) is 85.0 Å². The van der Waals surface area contributed by atoms with Gasteiger partial charge in [0, 0.05) is 6.61 Å². The number of hydrogen-bond donors (Lipinski definition) is 4. The number of fused-ring (bicyclic) bond motifs is 5. The van der Waals surface area contributed by atoms with Gasteiger partial charge in [-0.1, -0.05) is 33.6 Å². The standard InChI is InChI=1S/C25H44O4/c1-15(6-4-5-11-26)18-7-8-19-23-20(14-22(29)25(18,19)3)24(2)10-9-17(27)12-16(24)13-21(23)28/h15-23,26-29H,4-14H2,1-3H3/t15-,16+,17-,18-,19+,20+,21-,22+,23+,24+,25-/m1/s1. The molecule has 4 fully saturated rings. The highest BCUT2D eigenvalue weighted by Gasteiger charge is 2.65. The van der Waals surface area contributed by atoms with Crippen LogP contribution in [0.4, 0.5) is 0 Å². The normalized spacial score (nSPS) is 53.1. The Balaban J connectivity index is 1.58. The Kier molecular flexibility index (Phi) is 6.14. The Morgan fingerprint density at radius 2 is 1.69 bits per heavy atom. The largest absolute Gasteiger partial charge is 0.396 e. The van der Waals surface area contributed by atoms with Gasteiger partial charge in [0.25, 0.3) is 0 Å². The molecule has 4 aliphatic rings. The van der Waals surface area contributed by atoms with Crippen molar-refractivity contribution >= 4 is 0 Å². The number of unbranched alkanes of at least 4 members (excludes halogenated alkanes) is 1. The van der Waals surface area contributed by atoms with Gasteiger partial charge < -0.3 is 20.4 Å². The zero-order valence-electron chi connectivity index (χ0n) is 18.8. The molecule has 4 nitrogen and oxygen atoms in total. The molecular weight excluding hydrogens is 364 g/mol. The third-order valence-corrected chi connectivity index (χ3v) is 10.6. The predicted molar refractivity (Wildman–Crippen MR) is 114 cm³/mol. The van der Waals surface area contributed by atoms with Crippen molar-refractivity contribution in [3.8, 4) is 0 Å². The molecule has 4 heteroatoms. The highest BCUT2D eigenvalue weighted by Crippen LogP contribution is 2.68. The molecule has 0 spiro atoms. The third-order valence-electron chi connectivity index (χ3n) is 10.6. The Morgan fingerprint density at radius 3 is 2.41 bits per heavy atom. The highest BCUT2D eigenvalue weighted by molar-refractivity contribution is 5.14. The molecule has 0 amide bonds. The van der Waals surface area contributed by atoms with E-state index in [1.165, 1.54) is 0 Å². The first-order chi connectivity index (χ1) is 13.7. The molecule has 0 radical (unpaired) electrons. The van der Waals surface area contributed by atoms with Crippen LogP contribution in [0.25, 0.3) is 0 Å². The molecule has 0 aromatic carbocycles. The molecule has 4 N–H and O–H groups in total. The van der Waals surface area contributed by atoms with E-state index in [1.54, 1.807) is 0 Å². The third kappa shape index (κ3) is 3.41. The van der Waals surface area contributed by atoms with Crippen LogP contribution in [-0.2, 0) is 0 Å². The summed E-state index contributed by atoms with van der Waals surface area (Å²) < 4.78 is 0. The molecular formula is C25H44O4. The van der Waals surface area contributed by atoms with E-state index in [0.717, 1.165) is 64.2 Å². The minimum atomic E-state index is -0.295. The summed E-state index contributed by atoms with van der Waals surface area (Å²) in [6.45, 7) is 7.33. The van der Waals surface area contributed by atoms with Crippen LogP contribution in [0.2, 0.25) is 0 Å². The van der Waals surface area contributed by atoms with E-state index in [1.807, 2.05) is 0 Å². The van der Waals surface area contributed by atoms with E-state index < -0.39 is 0 Å². The molecule has 168 valence electrons. The van der Waals surface area contributed by atoms with Crippen molar-refractivity contribution in [3.63, 3.8) is 0 Å². The van der Waals surface area contributed by atoms with Crippen molar-refractivity contribution in [2.24, 2.45) is 46.3 Å². The van der Waals surface area contributed by atoms with Crippen LogP contribution in [0.3, 0.4) is 0 Å². The maximum absolute atomic E-state index is 11.5. The molecule has 0 bridgehead atoms. The Labute approximate surface area is 177 Å². The Hall–Kier alpha value is -0.160. The molecule has 11 atom stereocenters. The monoisotopic (exact) mass is 408 g/mol. The van der Waals surface area contributed by atoms with Gasteiger partial charge in [-0.3, -0.25) is 0 Å². The summed E-state index contributed by atoms with van der Waals surface area (Å²) >= 11 is 0. The molecule has 0 heterocycles. The van der Waals surface area contributed by atoms with E-state index in [0.29, 0.717) is 35.5 Å². The fraction of sp³-hybridized carbons (Fsp3) is 1.00. The Morgan fingerprint density at radius 1 is 0.931 bits per heavy atom.